The number of nitrogens with one attached hydrogen (secondary N) is 1. The van der Waals surface area contributed by atoms with Crippen molar-refractivity contribution in [3.05, 3.63) is 35.8 Å². The quantitative estimate of drug-likeness (QED) is 0.913. The van der Waals surface area contributed by atoms with Crippen molar-refractivity contribution >= 4 is 22.8 Å². The van der Waals surface area contributed by atoms with Crippen LogP contribution in [0.1, 0.15) is 42.5 Å². The van der Waals surface area contributed by atoms with Crippen LogP contribution in [0.25, 0.3) is 11.0 Å². The number of nitrogens with two attached hydrogens (primary N) is 1. The average molecular weight is 304 g/mol. The van der Waals surface area contributed by atoms with Crippen molar-refractivity contribution in [1.29, 1.82) is 0 Å². The number of fused-ring (bicyclic) bond motifs is 1. The lowest BCUT2D eigenvalue weighted by Crippen LogP contribution is -2.58. The highest BCUT2D eigenvalue weighted by molar-refractivity contribution is 6.07. The smallest absolute Gasteiger partial charge is 0.256 e. The third-order valence-corrected chi connectivity index (χ3v) is 4.31. The van der Waals surface area contributed by atoms with Gasteiger partial charge in [0.15, 0.2) is 0 Å². The van der Waals surface area contributed by atoms with Gasteiger partial charge in [-0.2, -0.15) is 0 Å². The molecule has 1 fully saturated rings. The third-order valence-electron chi connectivity index (χ3n) is 4.31. The van der Waals surface area contributed by atoms with Gasteiger partial charge in [0.1, 0.15) is 23.2 Å². The first-order valence-electron chi connectivity index (χ1n) is 7.31. The number of hydrogen-bond donors (Lipinski definition) is 2. The van der Waals surface area contributed by atoms with E-state index < -0.39 is 23.2 Å². The van der Waals surface area contributed by atoms with Gasteiger partial charge in [0.05, 0.1) is 5.56 Å². The summed E-state index contributed by atoms with van der Waals surface area (Å²) in [5.74, 6) is -1.45. The summed E-state index contributed by atoms with van der Waals surface area (Å²) in [5, 5.41) is 3.13. The fraction of sp³-hybridized carbons (Fsp3) is 0.375. The van der Waals surface area contributed by atoms with E-state index in [4.69, 9.17) is 10.2 Å². The van der Waals surface area contributed by atoms with E-state index in [9.17, 15) is 14.0 Å². The van der Waals surface area contributed by atoms with Gasteiger partial charge >= 0.3 is 0 Å². The number of benzene rings is 1. The van der Waals surface area contributed by atoms with Crippen molar-refractivity contribution in [3.8, 4) is 0 Å². The Bertz CT molecular complexity index is 732. The summed E-state index contributed by atoms with van der Waals surface area (Å²) in [4.78, 5) is 24.3. The summed E-state index contributed by atoms with van der Waals surface area (Å²) >= 11 is 0. The van der Waals surface area contributed by atoms with E-state index in [-0.39, 0.29) is 5.56 Å². The van der Waals surface area contributed by atoms with E-state index in [2.05, 4.69) is 5.32 Å². The molecular weight excluding hydrogens is 287 g/mol. The van der Waals surface area contributed by atoms with E-state index in [0.717, 1.165) is 19.3 Å². The molecule has 2 aromatic rings. The van der Waals surface area contributed by atoms with Crippen molar-refractivity contribution < 1.29 is 18.4 Å². The molecule has 1 aliphatic rings. The predicted octanol–water partition coefficient (Wildman–Crippen LogP) is 2.49. The summed E-state index contributed by atoms with van der Waals surface area (Å²) in [6.07, 6.45) is 5.02. The van der Waals surface area contributed by atoms with Crippen molar-refractivity contribution in [2.24, 2.45) is 5.73 Å². The normalized spacial score (nSPS) is 17.3. The van der Waals surface area contributed by atoms with Crippen LogP contribution in [0.2, 0.25) is 0 Å². The standard InChI is InChI=1S/C16H17FN2O3/c17-10-4-5-13-11(8-10)12(9-22-13)14(20)19-16(15(18)21)6-2-1-3-7-16/h4-5,8-9H,1-3,6-7H2,(H2,18,21)(H,19,20). The molecule has 22 heavy (non-hydrogen) atoms. The number of halogens is 1. The molecule has 5 nitrogen and oxygen atoms in total. The molecule has 0 saturated heterocycles. The summed E-state index contributed by atoms with van der Waals surface area (Å²) < 4.78 is 18.6. The molecule has 6 heteroatoms. The Kier molecular flexibility index (Phi) is 3.60. The van der Waals surface area contributed by atoms with Crippen LogP contribution < -0.4 is 11.1 Å². The maximum absolute atomic E-state index is 13.4. The Labute approximate surface area is 126 Å². The van der Waals surface area contributed by atoms with Crippen molar-refractivity contribution in [1.82, 2.24) is 5.32 Å². The molecule has 3 rings (SSSR count). The molecule has 1 saturated carbocycles. The van der Waals surface area contributed by atoms with Crippen LogP contribution in [0.4, 0.5) is 4.39 Å². The van der Waals surface area contributed by atoms with Gasteiger partial charge in [-0.1, -0.05) is 19.3 Å². The zero-order valence-corrected chi connectivity index (χ0v) is 12.0. The summed E-state index contributed by atoms with van der Waals surface area (Å²) in [6.45, 7) is 0. The summed E-state index contributed by atoms with van der Waals surface area (Å²) in [6, 6.07) is 3.97. The minimum Gasteiger partial charge on any atom is -0.463 e. The van der Waals surface area contributed by atoms with Gasteiger partial charge in [-0.25, -0.2) is 4.39 Å². The molecule has 0 aliphatic heterocycles. The van der Waals surface area contributed by atoms with Crippen LogP contribution in [0.5, 0.6) is 0 Å². The number of primary amides is 1. The van der Waals surface area contributed by atoms with Gasteiger partial charge in [0.2, 0.25) is 5.91 Å². The Morgan fingerprint density at radius 3 is 2.64 bits per heavy atom. The number of furan rings is 1. The van der Waals surface area contributed by atoms with Crippen LogP contribution >= 0.6 is 0 Å². The van der Waals surface area contributed by atoms with Crippen LogP contribution in [0, 0.1) is 5.82 Å². The fourth-order valence-electron chi connectivity index (χ4n) is 3.05. The first kappa shape index (κ1) is 14.6. The topological polar surface area (TPSA) is 85.3 Å². The maximum Gasteiger partial charge on any atom is 0.256 e. The fourth-order valence-corrected chi connectivity index (χ4v) is 3.05. The van der Waals surface area contributed by atoms with Gasteiger partial charge in [0.25, 0.3) is 5.91 Å². The first-order chi connectivity index (χ1) is 10.5. The second-order valence-electron chi connectivity index (χ2n) is 5.75. The molecule has 1 aromatic heterocycles. The molecule has 0 radical (unpaired) electrons. The Hall–Kier alpha value is -2.37. The minimum absolute atomic E-state index is 0.209. The predicted molar refractivity (Wildman–Crippen MR) is 78.6 cm³/mol. The Balaban J connectivity index is 1.92. The van der Waals surface area contributed by atoms with Crippen molar-refractivity contribution in [2.45, 2.75) is 37.6 Å². The number of rotatable bonds is 3. The largest absolute Gasteiger partial charge is 0.463 e. The second-order valence-corrected chi connectivity index (χ2v) is 5.75. The highest BCUT2D eigenvalue weighted by Gasteiger charge is 2.39. The number of amides is 2. The van der Waals surface area contributed by atoms with E-state index in [1.165, 1.54) is 24.5 Å². The summed E-state index contributed by atoms with van der Waals surface area (Å²) in [7, 11) is 0. The van der Waals surface area contributed by atoms with Crippen molar-refractivity contribution in [2.75, 3.05) is 0 Å². The first-order valence-corrected chi connectivity index (χ1v) is 7.31. The lowest BCUT2D eigenvalue weighted by atomic mass is 9.81. The lowest BCUT2D eigenvalue weighted by molar-refractivity contribution is -0.125. The lowest BCUT2D eigenvalue weighted by Gasteiger charge is -2.34. The molecular formula is C16H17FN2O3. The van der Waals surface area contributed by atoms with Crippen LogP contribution in [0.3, 0.4) is 0 Å². The van der Waals surface area contributed by atoms with Crippen LogP contribution in [-0.4, -0.2) is 17.4 Å². The van der Waals surface area contributed by atoms with E-state index >= 15 is 0 Å². The molecule has 0 bridgehead atoms. The van der Waals surface area contributed by atoms with Crippen molar-refractivity contribution in [3.63, 3.8) is 0 Å². The van der Waals surface area contributed by atoms with E-state index in [0.29, 0.717) is 23.8 Å². The van der Waals surface area contributed by atoms with Gasteiger partial charge in [-0.15, -0.1) is 0 Å². The molecule has 116 valence electrons. The van der Waals surface area contributed by atoms with Crippen LogP contribution in [-0.2, 0) is 4.79 Å². The highest BCUT2D eigenvalue weighted by atomic mass is 19.1. The van der Waals surface area contributed by atoms with Gasteiger partial charge in [-0.3, -0.25) is 9.59 Å². The maximum atomic E-state index is 13.4. The number of carbonyl (C=O) groups excluding carboxylic acids is 2. The minimum atomic E-state index is -1.02. The zero-order chi connectivity index (χ0) is 15.7. The molecule has 0 unspecified atom stereocenters. The average Bonchev–Trinajstić information content (AvgIpc) is 2.91. The van der Waals surface area contributed by atoms with E-state index in [1.54, 1.807) is 0 Å². The molecule has 3 N–H and O–H groups in total. The highest BCUT2D eigenvalue weighted by Crippen LogP contribution is 2.29. The second kappa shape index (κ2) is 5.44. The molecule has 1 aromatic carbocycles. The summed E-state index contributed by atoms with van der Waals surface area (Å²) in [5.41, 5.74) is 5.11. The molecule has 1 aliphatic carbocycles. The molecule has 0 spiro atoms. The number of hydrogen-bond acceptors (Lipinski definition) is 3. The monoisotopic (exact) mass is 304 g/mol. The van der Waals surface area contributed by atoms with Crippen LogP contribution in [0.15, 0.2) is 28.9 Å². The SMILES string of the molecule is NC(=O)C1(NC(=O)c2coc3ccc(F)cc23)CCCCC1. The van der Waals surface area contributed by atoms with E-state index in [1.807, 2.05) is 0 Å². The molecule has 2 amide bonds. The molecule has 1 heterocycles. The Morgan fingerprint density at radius 2 is 1.95 bits per heavy atom. The Morgan fingerprint density at radius 1 is 1.23 bits per heavy atom. The zero-order valence-electron chi connectivity index (χ0n) is 12.0. The van der Waals surface area contributed by atoms with Gasteiger partial charge in [0, 0.05) is 5.39 Å². The van der Waals surface area contributed by atoms with Gasteiger partial charge in [-0.05, 0) is 31.0 Å². The van der Waals surface area contributed by atoms with Gasteiger partial charge < -0.3 is 15.5 Å². The molecule has 0 atom stereocenters. The number of carbonyl (C=O) groups is 2. The third kappa shape index (κ3) is 2.45.